The molecule has 0 radical (unpaired) electrons. The summed E-state index contributed by atoms with van der Waals surface area (Å²) in [6.07, 6.45) is 7.28. The van der Waals surface area contributed by atoms with E-state index >= 15 is 0 Å². The molecular weight excluding hydrogens is 396 g/mol. The van der Waals surface area contributed by atoms with Gasteiger partial charge in [0.1, 0.15) is 6.10 Å². The Balaban J connectivity index is 1.21. The van der Waals surface area contributed by atoms with E-state index in [0.29, 0.717) is 11.7 Å². The van der Waals surface area contributed by atoms with Crippen LogP contribution in [0.1, 0.15) is 50.5 Å². The van der Waals surface area contributed by atoms with E-state index in [9.17, 15) is 4.79 Å². The van der Waals surface area contributed by atoms with Crippen molar-refractivity contribution >= 4 is 22.4 Å². The van der Waals surface area contributed by atoms with Crippen molar-refractivity contribution in [2.24, 2.45) is 5.41 Å². The summed E-state index contributed by atoms with van der Waals surface area (Å²) < 4.78 is 9.10. The van der Waals surface area contributed by atoms with Gasteiger partial charge in [-0.3, -0.25) is 4.79 Å². The second-order valence-corrected chi connectivity index (χ2v) is 10.5. The van der Waals surface area contributed by atoms with E-state index in [1.54, 1.807) is 0 Å². The highest BCUT2D eigenvalue weighted by molar-refractivity contribution is 5.96. The maximum absolute atomic E-state index is 13.6. The molecule has 3 fully saturated rings. The van der Waals surface area contributed by atoms with E-state index in [-0.39, 0.29) is 23.2 Å². The predicted molar refractivity (Wildman–Crippen MR) is 126 cm³/mol. The molecule has 4 aliphatic rings. The second kappa shape index (κ2) is 6.48. The minimum atomic E-state index is -0.315. The van der Waals surface area contributed by atoms with Crippen LogP contribution < -0.4 is 4.90 Å². The molecule has 3 aliphatic heterocycles. The van der Waals surface area contributed by atoms with Gasteiger partial charge < -0.3 is 14.2 Å². The van der Waals surface area contributed by atoms with E-state index in [1.165, 1.54) is 28.6 Å². The van der Waals surface area contributed by atoms with Gasteiger partial charge >= 0.3 is 0 Å². The number of nitrogens with zero attached hydrogens (tertiary/aromatic N) is 2. The van der Waals surface area contributed by atoms with Crippen LogP contribution in [0.25, 0.3) is 10.9 Å². The summed E-state index contributed by atoms with van der Waals surface area (Å²) >= 11 is 0. The Morgan fingerprint density at radius 3 is 2.75 bits per heavy atom. The number of aromatic nitrogens is 1. The zero-order valence-electron chi connectivity index (χ0n) is 18.7. The molecule has 2 aromatic carbocycles. The van der Waals surface area contributed by atoms with E-state index in [0.717, 1.165) is 38.8 Å². The molecule has 164 valence electrons. The number of ketones is 1. The number of carbonyl (C=O) groups excluding carboxylic acids is 1. The number of ether oxygens (including phenoxy) is 1. The number of fused-ring (bicyclic) bond motifs is 6. The third-order valence-corrected chi connectivity index (χ3v) is 9.12. The van der Waals surface area contributed by atoms with Crippen molar-refractivity contribution in [3.05, 3.63) is 66.4 Å². The van der Waals surface area contributed by atoms with Crippen LogP contribution in [0.4, 0.5) is 5.69 Å². The van der Waals surface area contributed by atoms with Gasteiger partial charge in [-0.15, -0.1) is 0 Å². The van der Waals surface area contributed by atoms with Gasteiger partial charge in [0.05, 0.1) is 17.1 Å². The first-order valence-corrected chi connectivity index (χ1v) is 12.3. The summed E-state index contributed by atoms with van der Waals surface area (Å²) in [4.78, 5) is 16.1. The normalized spacial score (nSPS) is 34.7. The highest BCUT2D eigenvalue weighted by Crippen LogP contribution is 2.69. The van der Waals surface area contributed by atoms with E-state index in [1.807, 2.05) is 0 Å². The Bertz CT molecular complexity index is 1230. The Morgan fingerprint density at radius 1 is 1.00 bits per heavy atom. The van der Waals surface area contributed by atoms with Crippen molar-refractivity contribution in [1.29, 1.82) is 0 Å². The molecule has 0 N–H and O–H groups in total. The maximum Gasteiger partial charge on any atom is 0.172 e. The first-order chi connectivity index (χ1) is 15.6. The molecule has 0 amide bonds. The number of hydrogen-bond acceptors (Lipinski definition) is 3. The maximum atomic E-state index is 13.6. The highest BCUT2D eigenvalue weighted by Gasteiger charge is 2.77. The standard InChI is InChI=1S/C28H30N2O2/c1-27-14-6-7-15-28(27)23-20-10-3-5-12-22(20)30(24(23)25(32-28)26(27)31)17-8-16-29-18-13-19-9-2-4-11-21(19)29/h2-5,9-13,18,23-25H,6-8,14-17H2,1H3/t23-,24+,25+,27+,28-/m1/s1. The number of carbonyl (C=O) groups is 1. The molecular formula is C28H30N2O2. The molecule has 1 aromatic heterocycles. The van der Waals surface area contributed by atoms with Crippen LogP contribution in [0.3, 0.4) is 0 Å². The molecule has 4 nitrogen and oxygen atoms in total. The summed E-state index contributed by atoms with van der Waals surface area (Å²) in [5.41, 5.74) is 3.41. The SMILES string of the molecule is C[C@@]12CCCC[C@]13O[C@H](C2=O)[C@@H]1[C@H]3c2ccccc2N1CCCn1ccc2ccccc21. The molecule has 0 unspecified atom stereocenters. The molecule has 3 aromatic rings. The lowest BCUT2D eigenvalue weighted by atomic mass is 9.53. The predicted octanol–water partition coefficient (Wildman–Crippen LogP) is 5.30. The molecule has 5 atom stereocenters. The Hall–Kier alpha value is -2.59. The molecule has 4 heteroatoms. The summed E-state index contributed by atoms with van der Waals surface area (Å²) in [5, 5.41) is 1.29. The van der Waals surface area contributed by atoms with Crippen molar-refractivity contribution in [1.82, 2.24) is 4.57 Å². The minimum Gasteiger partial charge on any atom is -0.364 e. The largest absolute Gasteiger partial charge is 0.364 e. The molecule has 2 saturated heterocycles. The number of benzene rings is 2. The molecule has 2 bridgehead atoms. The van der Waals surface area contributed by atoms with Crippen LogP contribution in [0.15, 0.2) is 60.8 Å². The lowest BCUT2D eigenvalue weighted by molar-refractivity contribution is -0.133. The molecule has 1 saturated carbocycles. The highest BCUT2D eigenvalue weighted by atomic mass is 16.5. The summed E-state index contributed by atoms with van der Waals surface area (Å²) in [6.45, 7) is 4.13. The van der Waals surface area contributed by atoms with Crippen LogP contribution >= 0.6 is 0 Å². The number of anilines is 1. The van der Waals surface area contributed by atoms with Gasteiger partial charge in [0.25, 0.3) is 0 Å². The summed E-state index contributed by atoms with van der Waals surface area (Å²) in [6, 6.07) is 19.8. The van der Waals surface area contributed by atoms with Crippen molar-refractivity contribution in [2.45, 2.75) is 69.2 Å². The average molecular weight is 427 g/mol. The Kier molecular flexibility index (Phi) is 3.83. The number of hydrogen-bond donors (Lipinski definition) is 0. The smallest absolute Gasteiger partial charge is 0.172 e. The lowest BCUT2D eigenvalue weighted by Crippen LogP contribution is -2.59. The molecule has 1 aliphatic carbocycles. The first-order valence-electron chi connectivity index (χ1n) is 12.3. The van der Waals surface area contributed by atoms with Crippen molar-refractivity contribution in [3.63, 3.8) is 0 Å². The lowest BCUT2D eigenvalue weighted by Gasteiger charge is -2.49. The van der Waals surface area contributed by atoms with Gasteiger partial charge in [-0.25, -0.2) is 0 Å². The van der Waals surface area contributed by atoms with Crippen LogP contribution in [-0.2, 0) is 16.1 Å². The number of para-hydroxylation sites is 2. The minimum absolute atomic E-state index is 0.160. The molecule has 7 rings (SSSR count). The second-order valence-electron chi connectivity index (χ2n) is 10.5. The fourth-order valence-corrected chi connectivity index (χ4v) is 7.68. The van der Waals surface area contributed by atoms with Gasteiger partial charge in [0, 0.05) is 36.4 Å². The van der Waals surface area contributed by atoms with Crippen LogP contribution in [0.2, 0.25) is 0 Å². The van der Waals surface area contributed by atoms with Crippen LogP contribution in [-0.4, -0.2) is 34.6 Å². The van der Waals surface area contributed by atoms with Gasteiger partial charge in [-0.1, -0.05) is 49.2 Å². The van der Waals surface area contributed by atoms with E-state index in [2.05, 4.69) is 77.2 Å². The van der Waals surface area contributed by atoms with Crippen LogP contribution in [0, 0.1) is 5.41 Å². The zero-order valence-corrected chi connectivity index (χ0v) is 18.7. The third kappa shape index (κ3) is 2.19. The van der Waals surface area contributed by atoms with E-state index in [4.69, 9.17) is 4.74 Å². The fraction of sp³-hybridized carbons (Fsp3) is 0.464. The van der Waals surface area contributed by atoms with Crippen molar-refractivity contribution in [2.75, 3.05) is 11.4 Å². The van der Waals surface area contributed by atoms with Crippen LogP contribution in [0.5, 0.6) is 0 Å². The number of aryl methyl sites for hydroxylation is 1. The fourth-order valence-electron chi connectivity index (χ4n) is 7.68. The quantitative estimate of drug-likeness (QED) is 0.567. The number of Topliss-reactive ketones (excluding diaryl/α,β-unsaturated/α-hetero) is 1. The molecule has 1 spiro atoms. The zero-order chi connectivity index (χ0) is 21.5. The summed E-state index contributed by atoms with van der Waals surface area (Å²) in [5.74, 6) is 0.687. The van der Waals surface area contributed by atoms with Crippen molar-refractivity contribution < 1.29 is 9.53 Å². The topological polar surface area (TPSA) is 34.5 Å². The van der Waals surface area contributed by atoms with E-state index < -0.39 is 0 Å². The van der Waals surface area contributed by atoms with Gasteiger partial charge in [0.15, 0.2) is 5.78 Å². The molecule has 32 heavy (non-hydrogen) atoms. The molecule has 4 heterocycles. The Morgan fingerprint density at radius 2 is 1.81 bits per heavy atom. The monoisotopic (exact) mass is 426 g/mol. The average Bonchev–Trinajstić information content (AvgIpc) is 3.52. The van der Waals surface area contributed by atoms with Gasteiger partial charge in [-0.2, -0.15) is 0 Å². The number of rotatable bonds is 4. The van der Waals surface area contributed by atoms with Crippen molar-refractivity contribution in [3.8, 4) is 0 Å². The Labute approximate surface area is 189 Å². The van der Waals surface area contributed by atoms with Gasteiger partial charge in [-0.05, 0) is 55.3 Å². The summed E-state index contributed by atoms with van der Waals surface area (Å²) in [7, 11) is 0. The first kappa shape index (κ1) is 18.9. The van der Waals surface area contributed by atoms with Gasteiger partial charge in [0.2, 0.25) is 0 Å². The third-order valence-electron chi connectivity index (χ3n) is 9.12.